The van der Waals surface area contributed by atoms with E-state index in [1.165, 1.54) is 24.2 Å². The van der Waals surface area contributed by atoms with E-state index in [1.807, 2.05) is 36.6 Å². The monoisotopic (exact) mass is 367 g/mol. The number of amides is 1. The van der Waals surface area contributed by atoms with Crippen molar-refractivity contribution in [2.45, 2.75) is 19.8 Å². The Morgan fingerprint density at radius 3 is 2.75 bits per heavy atom. The number of aromatic nitrogens is 1. The lowest BCUT2D eigenvalue weighted by Gasteiger charge is -2.04. The third-order valence-corrected chi connectivity index (χ3v) is 4.38. The molecule has 1 saturated carbocycles. The second kappa shape index (κ2) is 9.01. The molecule has 0 saturated heterocycles. The number of hydrogen-bond donors (Lipinski definition) is 2. The number of anilines is 1. The number of hydrogen-bond acceptors (Lipinski definition) is 5. The molecule has 5 nitrogen and oxygen atoms in total. The van der Waals surface area contributed by atoms with Crippen molar-refractivity contribution in [2.75, 3.05) is 25.0 Å². The molecule has 1 aliphatic carbocycles. The molecule has 1 amide bonds. The van der Waals surface area contributed by atoms with Crippen LogP contribution < -0.4 is 15.4 Å². The number of thiazole rings is 1. The maximum absolute atomic E-state index is 11.9. The molecule has 0 atom stereocenters. The highest BCUT2D eigenvalue weighted by Gasteiger charge is 2.20. The Bertz CT molecular complexity index is 656. The summed E-state index contributed by atoms with van der Waals surface area (Å²) in [6, 6.07) is 7.81. The van der Waals surface area contributed by atoms with E-state index in [0.29, 0.717) is 18.3 Å². The van der Waals surface area contributed by atoms with Crippen LogP contribution in [0.2, 0.25) is 0 Å². The third-order valence-electron chi connectivity index (χ3n) is 3.63. The Hall–Kier alpha value is -1.63. The quantitative estimate of drug-likeness (QED) is 0.748. The molecule has 1 aliphatic rings. The summed E-state index contributed by atoms with van der Waals surface area (Å²) in [5.74, 6) is 1.58. The fraction of sp³-hybridized carbons (Fsp3) is 0.412. The van der Waals surface area contributed by atoms with Gasteiger partial charge in [0.2, 0.25) is 5.91 Å². The summed E-state index contributed by atoms with van der Waals surface area (Å²) < 4.78 is 5.43. The summed E-state index contributed by atoms with van der Waals surface area (Å²) in [5, 5.41) is 8.59. The van der Waals surface area contributed by atoms with E-state index < -0.39 is 0 Å². The van der Waals surface area contributed by atoms with Crippen LogP contribution >= 0.6 is 23.7 Å². The molecule has 2 N–H and O–H groups in total. The molecule has 0 radical (unpaired) electrons. The van der Waals surface area contributed by atoms with E-state index in [-0.39, 0.29) is 18.3 Å². The average molecular weight is 368 g/mol. The fourth-order valence-electron chi connectivity index (χ4n) is 2.23. The van der Waals surface area contributed by atoms with Gasteiger partial charge in [0.15, 0.2) is 5.13 Å². The number of benzene rings is 1. The summed E-state index contributed by atoms with van der Waals surface area (Å²) in [7, 11) is 0. The molecular formula is C17H22ClN3O2S. The highest BCUT2D eigenvalue weighted by Crippen LogP contribution is 2.28. The van der Waals surface area contributed by atoms with Crippen molar-refractivity contribution < 1.29 is 9.53 Å². The second-order valence-corrected chi connectivity index (χ2v) is 6.48. The summed E-state index contributed by atoms with van der Waals surface area (Å²) in [6.45, 7) is 3.89. The average Bonchev–Trinajstić information content (AvgIpc) is 3.26. The largest absolute Gasteiger partial charge is 0.494 e. The molecule has 3 rings (SSSR count). The Morgan fingerprint density at radius 1 is 1.33 bits per heavy atom. The van der Waals surface area contributed by atoms with Crippen molar-refractivity contribution in [3.05, 3.63) is 29.6 Å². The van der Waals surface area contributed by atoms with E-state index in [2.05, 4.69) is 15.6 Å². The maximum atomic E-state index is 11.9. The molecule has 1 heterocycles. The minimum Gasteiger partial charge on any atom is -0.494 e. The van der Waals surface area contributed by atoms with Gasteiger partial charge in [0.25, 0.3) is 0 Å². The van der Waals surface area contributed by atoms with Crippen molar-refractivity contribution in [1.82, 2.24) is 10.3 Å². The Kier molecular flexibility index (Phi) is 7.02. The van der Waals surface area contributed by atoms with Crippen LogP contribution in [-0.4, -0.2) is 30.6 Å². The van der Waals surface area contributed by atoms with Crippen molar-refractivity contribution in [2.24, 2.45) is 5.92 Å². The molecule has 7 heteroatoms. The maximum Gasteiger partial charge on any atom is 0.240 e. The van der Waals surface area contributed by atoms with Gasteiger partial charge in [-0.25, -0.2) is 4.98 Å². The van der Waals surface area contributed by atoms with E-state index >= 15 is 0 Å². The standard InChI is InChI=1S/C17H21N3O2S.ClH/c1-2-22-14-7-5-13(6-8-14)15-11-23-17(19-15)20-16(21)10-18-9-12-3-4-12;/h5-8,11-12,18H,2-4,9-10H2,1H3,(H,19,20,21);1H. The Morgan fingerprint density at radius 2 is 2.08 bits per heavy atom. The van der Waals surface area contributed by atoms with Crippen LogP contribution in [0, 0.1) is 5.92 Å². The minimum absolute atomic E-state index is 0. The number of rotatable bonds is 8. The molecule has 130 valence electrons. The van der Waals surface area contributed by atoms with Gasteiger partial charge in [-0.05, 0) is 56.5 Å². The molecule has 0 spiro atoms. The van der Waals surface area contributed by atoms with Crippen LogP contribution in [0.15, 0.2) is 29.6 Å². The summed E-state index contributed by atoms with van der Waals surface area (Å²) in [4.78, 5) is 16.3. The van der Waals surface area contributed by atoms with E-state index in [0.717, 1.165) is 29.5 Å². The van der Waals surface area contributed by atoms with Crippen molar-refractivity contribution in [1.29, 1.82) is 0 Å². The lowest BCUT2D eigenvalue weighted by Crippen LogP contribution is -2.29. The van der Waals surface area contributed by atoms with Gasteiger partial charge in [-0.3, -0.25) is 4.79 Å². The van der Waals surface area contributed by atoms with Gasteiger partial charge in [0.05, 0.1) is 18.8 Å². The first-order valence-corrected chi connectivity index (χ1v) is 8.82. The molecule has 1 aromatic carbocycles. The van der Waals surface area contributed by atoms with Crippen molar-refractivity contribution in [3.63, 3.8) is 0 Å². The molecule has 0 bridgehead atoms. The third kappa shape index (κ3) is 5.47. The molecule has 1 aromatic heterocycles. The summed E-state index contributed by atoms with van der Waals surface area (Å²) >= 11 is 1.44. The molecular weight excluding hydrogens is 346 g/mol. The number of halogens is 1. The number of carbonyl (C=O) groups excluding carboxylic acids is 1. The van der Waals surface area contributed by atoms with Crippen LogP contribution in [0.1, 0.15) is 19.8 Å². The predicted molar refractivity (Wildman–Crippen MR) is 100 cm³/mol. The summed E-state index contributed by atoms with van der Waals surface area (Å²) in [5.41, 5.74) is 1.87. The van der Waals surface area contributed by atoms with Crippen LogP contribution in [0.3, 0.4) is 0 Å². The molecule has 2 aromatic rings. The molecule has 24 heavy (non-hydrogen) atoms. The smallest absolute Gasteiger partial charge is 0.240 e. The zero-order valence-corrected chi connectivity index (χ0v) is 15.2. The SMILES string of the molecule is CCOc1ccc(-c2csc(NC(=O)CNCC3CC3)n2)cc1.Cl. The van der Waals surface area contributed by atoms with Crippen LogP contribution in [0.25, 0.3) is 11.3 Å². The zero-order chi connectivity index (χ0) is 16.1. The fourth-order valence-corrected chi connectivity index (χ4v) is 2.96. The van der Waals surface area contributed by atoms with E-state index in [4.69, 9.17) is 4.74 Å². The predicted octanol–water partition coefficient (Wildman–Crippen LogP) is 3.57. The van der Waals surface area contributed by atoms with Gasteiger partial charge < -0.3 is 15.4 Å². The summed E-state index contributed by atoms with van der Waals surface area (Å²) in [6.07, 6.45) is 2.57. The first kappa shape index (κ1) is 18.7. The van der Waals surface area contributed by atoms with Crippen molar-refractivity contribution >= 4 is 34.8 Å². The first-order valence-electron chi connectivity index (χ1n) is 7.94. The first-order chi connectivity index (χ1) is 11.2. The van der Waals surface area contributed by atoms with Crippen LogP contribution in [-0.2, 0) is 4.79 Å². The van der Waals surface area contributed by atoms with Crippen LogP contribution in [0.5, 0.6) is 5.75 Å². The number of carbonyl (C=O) groups is 1. The molecule has 0 unspecified atom stereocenters. The second-order valence-electron chi connectivity index (χ2n) is 5.62. The number of ether oxygens (including phenoxy) is 1. The molecule has 0 aliphatic heterocycles. The van der Waals surface area contributed by atoms with E-state index in [9.17, 15) is 4.79 Å². The highest BCUT2D eigenvalue weighted by atomic mass is 35.5. The van der Waals surface area contributed by atoms with Gasteiger partial charge in [-0.1, -0.05) is 0 Å². The minimum atomic E-state index is -0.0433. The normalized spacial score (nSPS) is 13.2. The lowest BCUT2D eigenvalue weighted by molar-refractivity contribution is -0.115. The van der Waals surface area contributed by atoms with Gasteiger partial charge in [-0.2, -0.15) is 0 Å². The lowest BCUT2D eigenvalue weighted by atomic mass is 10.2. The highest BCUT2D eigenvalue weighted by molar-refractivity contribution is 7.14. The Balaban J connectivity index is 0.00000208. The van der Waals surface area contributed by atoms with E-state index in [1.54, 1.807) is 0 Å². The van der Waals surface area contributed by atoms with Gasteiger partial charge in [0.1, 0.15) is 5.75 Å². The molecule has 1 fully saturated rings. The number of nitrogens with zero attached hydrogens (tertiary/aromatic N) is 1. The number of nitrogens with one attached hydrogen (secondary N) is 2. The topological polar surface area (TPSA) is 63.2 Å². The van der Waals surface area contributed by atoms with Gasteiger partial charge in [0, 0.05) is 10.9 Å². The zero-order valence-electron chi connectivity index (χ0n) is 13.6. The van der Waals surface area contributed by atoms with Crippen LogP contribution in [0.4, 0.5) is 5.13 Å². The van der Waals surface area contributed by atoms with Gasteiger partial charge >= 0.3 is 0 Å². The van der Waals surface area contributed by atoms with Gasteiger partial charge in [-0.15, -0.1) is 23.7 Å². The Labute approximate surface area is 152 Å². The van der Waals surface area contributed by atoms with Crippen molar-refractivity contribution in [3.8, 4) is 17.0 Å².